The maximum Gasteiger partial charge on any atom is 0.0588 e. The zero-order valence-electron chi connectivity index (χ0n) is 10.4. The van der Waals surface area contributed by atoms with Crippen LogP contribution in [0.1, 0.15) is 38.5 Å². The first-order valence-electron chi connectivity index (χ1n) is 7.00. The molecule has 0 amide bonds. The molecule has 0 radical (unpaired) electrons. The summed E-state index contributed by atoms with van der Waals surface area (Å²) in [6, 6.07) is 0. The van der Waals surface area contributed by atoms with E-state index >= 15 is 0 Å². The van der Waals surface area contributed by atoms with Crippen LogP contribution in [-0.2, 0) is 4.74 Å². The van der Waals surface area contributed by atoms with Crippen LogP contribution < -0.4 is 5.32 Å². The Balaban J connectivity index is 1.42. The van der Waals surface area contributed by atoms with Crippen molar-refractivity contribution in [2.24, 2.45) is 0 Å². The molecule has 0 saturated carbocycles. The van der Waals surface area contributed by atoms with Crippen LogP contribution in [0.3, 0.4) is 0 Å². The highest BCUT2D eigenvalue weighted by molar-refractivity contribution is 4.68. The van der Waals surface area contributed by atoms with Gasteiger partial charge in [0.2, 0.25) is 0 Å². The van der Waals surface area contributed by atoms with Crippen LogP contribution in [0.5, 0.6) is 0 Å². The molecule has 2 fully saturated rings. The lowest BCUT2D eigenvalue weighted by atomic mass is 10.1. The number of hydrogen-bond donors (Lipinski definition) is 1. The van der Waals surface area contributed by atoms with Gasteiger partial charge in [0, 0.05) is 19.7 Å². The third-order valence-corrected chi connectivity index (χ3v) is 3.72. The molecule has 2 rings (SSSR count). The Hall–Kier alpha value is -0.120. The maximum absolute atomic E-state index is 5.60. The summed E-state index contributed by atoms with van der Waals surface area (Å²) >= 11 is 0. The Morgan fingerprint density at radius 2 is 1.94 bits per heavy atom. The average molecular weight is 226 g/mol. The summed E-state index contributed by atoms with van der Waals surface area (Å²) in [5, 5.41) is 3.54. The second-order valence-corrected chi connectivity index (χ2v) is 5.08. The van der Waals surface area contributed by atoms with Gasteiger partial charge in [0.25, 0.3) is 0 Å². The molecule has 3 nitrogen and oxygen atoms in total. The molecule has 0 aromatic rings. The first-order valence-corrected chi connectivity index (χ1v) is 7.00. The van der Waals surface area contributed by atoms with Crippen molar-refractivity contribution in [2.45, 2.75) is 44.6 Å². The third kappa shape index (κ3) is 4.40. The number of nitrogens with zero attached hydrogens (tertiary/aromatic N) is 1. The van der Waals surface area contributed by atoms with Crippen LogP contribution in [0, 0.1) is 0 Å². The minimum Gasteiger partial charge on any atom is -0.378 e. The second-order valence-electron chi connectivity index (χ2n) is 5.08. The summed E-state index contributed by atoms with van der Waals surface area (Å²) in [5.74, 6) is 0. The molecule has 1 N–H and O–H groups in total. The lowest BCUT2D eigenvalue weighted by Gasteiger charge is -2.26. The van der Waals surface area contributed by atoms with E-state index in [1.165, 1.54) is 58.2 Å². The molecule has 2 aliphatic rings. The fourth-order valence-electron chi connectivity index (χ4n) is 2.68. The first kappa shape index (κ1) is 12.3. The lowest BCUT2D eigenvalue weighted by Crippen LogP contribution is -2.36. The standard InChI is InChI=1S/C13H26N2O/c1-2-9-15(10-3-1)11-8-14-7-6-13-5-4-12-16-13/h13-14H,1-12H2. The predicted octanol–water partition coefficient (Wildman–Crippen LogP) is 1.63. The van der Waals surface area contributed by atoms with Gasteiger partial charge in [0.15, 0.2) is 0 Å². The van der Waals surface area contributed by atoms with E-state index in [1.807, 2.05) is 0 Å². The molecule has 94 valence electrons. The first-order chi connectivity index (χ1) is 7.95. The fraction of sp³-hybridized carbons (Fsp3) is 1.00. The summed E-state index contributed by atoms with van der Waals surface area (Å²) in [6.07, 6.45) is 8.50. The van der Waals surface area contributed by atoms with Crippen LogP contribution >= 0.6 is 0 Å². The Labute approximate surface area is 99.5 Å². The van der Waals surface area contributed by atoms with E-state index in [-0.39, 0.29) is 0 Å². The molecule has 1 unspecified atom stereocenters. The van der Waals surface area contributed by atoms with E-state index in [4.69, 9.17) is 4.74 Å². The van der Waals surface area contributed by atoms with Crippen LogP contribution in [-0.4, -0.2) is 50.3 Å². The fourth-order valence-corrected chi connectivity index (χ4v) is 2.68. The highest BCUT2D eigenvalue weighted by atomic mass is 16.5. The molecule has 0 spiro atoms. The number of likely N-dealkylation sites (tertiary alicyclic amines) is 1. The second kappa shape index (κ2) is 7.25. The molecule has 0 aliphatic carbocycles. The van der Waals surface area contributed by atoms with Gasteiger partial charge in [-0.3, -0.25) is 0 Å². The van der Waals surface area contributed by atoms with Crippen molar-refractivity contribution in [3.63, 3.8) is 0 Å². The minimum absolute atomic E-state index is 0.544. The Bertz CT molecular complexity index is 175. The highest BCUT2D eigenvalue weighted by Gasteiger charge is 2.14. The topological polar surface area (TPSA) is 24.5 Å². The van der Waals surface area contributed by atoms with Crippen molar-refractivity contribution >= 4 is 0 Å². The smallest absolute Gasteiger partial charge is 0.0588 e. The van der Waals surface area contributed by atoms with Crippen LogP contribution in [0.4, 0.5) is 0 Å². The molecule has 0 aromatic heterocycles. The molecule has 1 atom stereocenters. The molecule has 2 saturated heterocycles. The molecule has 16 heavy (non-hydrogen) atoms. The highest BCUT2D eigenvalue weighted by Crippen LogP contribution is 2.14. The molecule has 2 heterocycles. The molecule has 2 aliphatic heterocycles. The zero-order chi connectivity index (χ0) is 11.1. The van der Waals surface area contributed by atoms with Gasteiger partial charge in [-0.25, -0.2) is 0 Å². The number of rotatable bonds is 6. The maximum atomic E-state index is 5.60. The van der Waals surface area contributed by atoms with E-state index in [9.17, 15) is 0 Å². The number of ether oxygens (including phenoxy) is 1. The normalized spacial score (nSPS) is 27.4. The van der Waals surface area contributed by atoms with Crippen LogP contribution in [0.2, 0.25) is 0 Å². The number of nitrogens with one attached hydrogen (secondary N) is 1. The van der Waals surface area contributed by atoms with Gasteiger partial charge in [-0.05, 0) is 51.7 Å². The van der Waals surface area contributed by atoms with Crippen LogP contribution in [0.25, 0.3) is 0 Å². The summed E-state index contributed by atoms with van der Waals surface area (Å²) in [7, 11) is 0. The van der Waals surface area contributed by atoms with Crippen molar-refractivity contribution in [3.8, 4) is 0 Å². The van der Waals surface area contributed by atoms with Crippen molar-refractivity contribution in [2.75, 3.05) is 39.3 Å². The molecule has 0 bridgehead atoms. The van der Waals surface area contributed by atoms with Crippen LogP contribution in [0.15, 0.2) is 0 Å². The summed E-state index contributed by atoms with van der Waals surface area (Å²) in [6.45, 7) is 7.11. The van der Waals surface area contributed by atoms with Crippen molar-refractivity contribution in [1.29, 1.82) is 0 Å². The van der Waals surface area contributed by atoms with E-state index in [2.05, 4.69) is 10.2 Å². The Kier molecular flexibility index (Phi) is 5.59. The summed E-state index contributed by atoms with van der Waals surface area (Å²) in [4.78, 5) is 2.59. The molecular weight excluding hydrogens is 200 g/mol. The molecule has 0 aromatic carbocycles. The van der Waals surface area contributed by atoms with E-state index < -0.39 is 0 Å². The van der Waals surface area contributed by atoms with Crippen molar-refractivity contribution < 1.29 is 4.74 Å². The van der Waals surface area contributed by atoms with Gasteiger partial charge in [-0.1, -0.05) is 6.42 Å². The zero-order valence-corrected chi connectivity index (χ0v) is 10.4. The number of piperidine rings is 1. The van der Waals surface area contributed by atoms with Gasteiger partial charge >= 0.3 is 0 Å². The van der Waals surface area contributed by atoms with Gasteiger partial charge < -0.3 is 15.0 Å². The lowest BCUT2D eigenvalue weighted by molar-refractivity contribution is 0.104. The summed E-state index contributed by atoms with van der Waals surface area (Å²) in [5.41, 5.74) is 0. The monoisotopic (exact) mass is 226 g/mol. The SMILES string of the molecule is C1CCN(CCNCCC2CCCO2)CC1. The third-order valence-electron chi connectivity index (χ3n) is 3.72. The largest absolute Gasteiger partial charge is 0.378 e. The average Bonchev–Trinajstić information content (AvgIpc) is 2.83. The van der Waals surface area contributed by atoms with Crippen molar-refractivity contribution in [3.05, 3.63) is 0 Å². The van der Waals surface area contributed by atoms with Gasteiger partial charge in [0.1, 0.15) is 0 Å². The van der Waals surface area contributed by atoms with Gasteiger partial charge in [0.05, 0.1) is 6.10 Å². The van der Waals surface area contributed by atoms with E-state index in [0.717, 1.165) is 19.7 Å². The molecular formula is C13H26N2O. The Morgan fingerprint density at radius 1 is 1.06 bits per heavy atom. The molecule has 3 heteroatoms. The van der Waals surface area contributed by atoms with Gasteiger partial charge in [-0.2, -0.15) is 0 Å². The minimum atomic E-state index is 0.544. The van der Waals surface area contributed by atoms with Gasteiger partial charge in [-0.15, -0.1) is 0 Å². The van der Waals surface area contributed by atoms with Crippen molar-refractivity contribution in [1.82, 2.24) is 10.2 Å². The summed E-state index contributed by atoms with van der Waals surface area (Å²) < 4.78 is 5.60. The van der Waals surface area contributed by atoms with E-state index in [1.54, 1.807) is 0 Å². The quantitative estimate of drug-likeness (QED) is 0.697. The Morgan fingerprint density at radius 3 is 2.69 bits per heavy atom. The predicted molar refractivity (Wildman–Crippen MR) is 66.8 cm³/mol. The van der Waals surface area contributed by atoms with E-state index in [0.29, 0.717) is 6.10 Å². The number of hydrogen-bond acceptors (Lipinski definition) is 3.